The van der Waals surface area contributed by atoms with Crippen molar-refractivity contribution < 1.29 is 17.9 Å². The number of rotatable bonds is 5. The van der Waals surface area contributed by atoms with E-state index in [1.54, 1.807) is 72.6 Å². The molecule has 0 aliphatic carbocycles. The fraction of sp³-hybridized carbons (Fsp3) is 0.240. The quantitative estimate of drug-likeness (QED) is 0.522. The standard InChI is InChI=1S/C25H22N4O4S2/c1-33-20-8-6-19(7-9-20)25(30)28-15-21(16-28)35(31,32)29-10-11-34-24-22(13-27-14-23(24)29)18-4-2-17(12-26)3-5-18/h2-9,13-14,21H,10-11,15-16H2,1H3. The van der Waals surface area contributed by atoms with Crippen molar-refractivity contribution in [3.05, 3.63) is 72.1 Å². The van der Waals surface area contributed by atoms with Crippen LogP contribution in [-0.4, -0.2) is 62.0 Å². The van der Waals surface area contributed by atoms with E-state index in [4.69, 9.17) is 10.00 Å². The number of pyridine rings is 1. The Morgan fingerprint density at radius 1 is 1.11 bits per heavy atom. The van der Waals surface area contributed by atoms with Crippen LogP contribution in [0.4, 0.5) is 5.69 Å². The van der Waals surface area contributed by atoms with Crippen LogP contribution < -0.4 is 9.04 Å². The Morgan fingerprint density at radius 2 is 1.83 bits per heavy atom. The number of sulfonamides is 1. The highest BCUT2D eigenvalue weighted by atomic mass is 32.2. The summed E-state index contributed by atoms with van der Waals surface area (Å²) in [5.74, 6) is 1.07. The minimum Gasteiger partial charge on any atom is -0.497 e. The first kappa shape index (κ1) is 23.2. The zero-order chi connectivity index (χ0) is 24.6. The van der Waals surface area contributed by atoms with E-state index >= 15 is 0 Å². The molecule has 0 atom stereocenters. The van der Waals surface area contributed by atoms with Crippen LogP contribution in [0, 0.1) is 11.3 Å². The summed E-state index contributed by atoms with van der Waals surface area (Å²) < 4.78 is 33.7. The van der Waals surface area contributed by atoms with Crippen molar-refractivity contribution in [1.82, 2.24) is 9.88 Å². The summed E-state index contributed by atoms with van der Waals surface area (Å²) in [6, 6.07) is 16.0. The maximum atomic E-state index is 13.5. The molecule has 0 N–H and O–H groups in total. The van der Waals surface area contributed by atoms with Gasteiger partial charge in [0.05, 0.1) is 30.6 Å². The van der Waals surface area contributed by atoms with Gasteiger partial charge in [-0.25, -0.2) is 8.42 Å². The third-order valence-electron chi connectivity index (χ3n) is 6.21. The Morgan fingerprint density at radius 3 is 2.49 bits per heavy atom. The van der Waals surface area contributed by atoms with Gasteiger partial charge in [-0.15, -0.1) is 11.8 Å². The van der Waals surface area contributed by atoms with Gasteiger partial charge in [-0.1, -0.05) is 12.1 Å². The summed E-state index contributed by atoms with van der Waals surface area (Å²) in [5.41, 5.74) is 3.32. The van der Waals surface area contributed by atoms with Crippen molar-refractivity contribution >= 4 is 33.4 Å². The highest BCUT2D eigenvalue weighted by Crippen LogP contribution is 2.43. The molecule has 2 aromatic carbocycles. The lowest BCUT2D eigenvalue weighted by molar-refractivity contribution is 0.0658. The zero-order valence-corrected chi connectivity index (χ0v) is 20.6. The number of benzene rings is 2. The lowest BCUT2D eigenvalue weighted by Gasteiger charge is -2.42. The number of ether oxygens (including phenoxy) is 1. The Labute approximate surface area is 208 Å². The van der Waals surface area contributed by atoms with Crippen LogP contribution in [0.5, 0.6) is 5.75 Å². The first-order valence-corrected chi connectivity index (χ1v) is 13.5. The normalized spacial score (nSPS) is 15.7. The summed E-state index contributed by atoms with van der Waals surface area (Å²) >= 11 is 1.60. The molecule has 1 aromatic heterocycles. The van der Waals surface area contributed by atoms with E-state index in [1.165, 1.54) is 4.31 Å². The summed E-state index contributed by atoms with van der Waals surface area (Å²) in [6.45, 7) is 0.644. The number of likely N-dealkylation sites (tertiary alicyclic amines) is 1. The molecule has 0 radical (unpaired) electrons. The Bertz CT molecular complexity index is 1410. The number of nitrogens with zero attached hydrogens (tertiary/aromatic N) is 4. The molecule has 8 nitrogen and oxygen atoms in total. The van der Waals surface area contributed by atoms with Crippen molar-refractivity contribution in [2.75, 3.05) is 36.8 Å². The molecular formula is C25H22N4O4S2. The number of nitriles is 1. The zero-order valence-electron chi connectivity index (χ0n) is 18.9. The molecule has 10 heteroatoms. The summed E-state index contributed by atoms with van der Waals surface area (Å²) in [6.07, 6.45) is 3.31. The van der Waals surface area contributed by atoms with Crippen molar-refractivity contribution in [3.8, 4) is 22.9 Å². The summed E-state index contributed by atoms with van der Waals surface area (Å²) in [5, 5.41) is 8.40. The topological polar surface area (TPSA) is 104 Å². The second-order valence-corrected chi connectivity index (χ2v) is 11.5. The first-order valence-electron chi connectivity index (χ1n) is 11.0. The largest absolute Gasteiger partial charge is 0.497 e. The third kappa shape index (κ3) is 4.22. The minimum atomic E-state index is -3.68. The molecule has 35 heavy (non-hydrogen) atoms. The molecule has 1 amide bonds. The SMILES string of the molecule is COc1ccc(C(=O)N2CC(S(=O)(=O)N3CCSc4c(-c5ccc(C#N)cc5)cncc43)C2)cc1. The number of thioether (sulfide) groups is 1. The van der Waals surface area contributed by atoms with Crippen LogP contribution in [0.3, 0.4) is 0 Å². The van der Waals surface area contributed by atoms with Gasteiger partial charge in [0.15, 0.2) is 0 Å². The van der Waals surface area contributed by atoms with E-state index in [1.807, 2.05) is 12.1 Å². The molecule has 0 saturated carbocycles. The Balaban J connectivity index is 1.36. The number of amides is 1. The fourth-order valence-corrected chi connectivity index (χ4v) is 7.34. The van der Waals surface area contributed by atoms with Crippen molar-refractivity contribution in [3.63, 3.8) is 0 Å². The van der Waals surface area contributed by atoms with Gasteiger partial charge in [-0.2, -0.15) is 5.26 Å². The molecule has 1 saturated heterocycles. The predicted octanol–water partition coefficient (Wildman–Crippen LogP) is 3.40. The number of fused-ring (bicyclic) bond motifs is 1. The van der Waals surface area contributed by atoms with E-state index in [-0.39, 0.29) is 19.0 Å². The van der Waals surface area contributed by atoms with E-state index in [0.29, 0.717) is 34.9 Å². The number of methoxy groups -OCH3 is 1. The third-order valence-corrected chi connectivity index (χ3v) is 9.45. The van der Waals surface area contributed by atoms with Gasteiger partial charge in [-0.3, -0.25) is 14.1 Å². The second-order valence-electron chi connectivity index (χ2n) is 8.25. The number of anilines is 1. The number of aromatic nitrogens is 1. The molecular weight excluding hydrogens is 484 g/mol. The van der Waals surface area contributed by atoms with Crippen molar-refractivity contribution in [2.45, 2.75) is 10.1 Å². The van der Waals surface area contributed by atoms with E-state index < -0.39 is 15.3 Å². The number of hydrogen-bond acceptors (Lipinski definition) is 7. The van der Waals surface area contributed by atoms with Gasteiger partial charge in [0.1, 0.15) is 11.0 Å². The van der Waals surface area contributed by atoms with Gasteiger partial charge < -0.3 is 9.64 Å². The average molecular weight is 507 g/mol. The maximum absolute atomic E-state index is 13.5. The van der Waals surface area contributed by atoms with Gasteiger partial charge in [0.2, 0.25) is 10.0 Å². The lowest BCUT2D eigenvalue weighted by atomic mass is 10.1. The Kier molecular flexibility index (Phi) is 6.13. The van der Waals surface area contributed by atoms with Crippen LogP contribution in [0.25, 0.3) is 11.1 Å². The maximum Gasteiger partial charge on any atom is 0.253 e. The van der Waals surface area contributed by atoms with Gasteiger partial charge >= 0.3 is 0 Å². The molecule has 0 spiro atoms. The first-order chi connectivity index (χ1) is 16.9. The summed E-state index contributed by atoms with van der Waals surface area (Å²) in [7, 11) is -2.13. The molecule has 3 heterocycles. The molecule has 5 rings (SSSR count). The monoisotopic (exact) mass is 506 g/mol. The van der Waals surface area contributed by atoms with Gasteiger partial charge in [0.25, 0.3) is 5.91 Å². The van der Waals surface area contributed by atoms with E-state index in [0.717, 1.165) is 16.0 Å². The smallest absolute Gasteiger partial charge is 0.253 e. The average Bonchev–Trinajstić information content (AvgIpc) is 2.87. The summed E-state index contributed by atoms with van der Waals surface area (Å²) in [4.78, 5) is 19.5. The predicted molar refractivity (Wildman–Crippen MR) is 134 cm³/mol. The van der Waals surface area contributed by atoms with Gasteiger partial charge in [0, 0.05) is 47.6 Å². The number of carbonyl (C=O) groups is 1. The number of carbonyl (C=O) groups excluding carboxylic acids is 1. The molecule has 0 bridgehead atoms. The van der Waals surface area contributed by atoms with Gasteiger partial charge in [-0.05, 0) is 42.0 Å². The minimum absolute atomic E-state index is 0.148. The number of hydrogen-bond donors (Lipinski definition) is 0. The Hall–Kier alpha value is -3.55. The van der Waals surface area contributed by atoms with Crippen molar-refractivity contribution in [1.29, 1.82) is 5.26 Å². The van der Waals surface area contributed by atoms with E-state index in [9.17, 15) is 13.2 Å². The fourth-order valence-electron chi connectivity index (χ4n) is 4.20. The molecule has 178 valence electrons. The molecule has 3 aromatic rings. The molecule has 0 unspecified atom stereocenters. The highest BCUT2D eigenvalue weighted by molar-refractivity contribution is 8.00. The molecule has 2 aliphatic heterocycles. The molecule has 2 aliphatic rings. The van der Waals surface area contributed by atoms with Crippen LogP contribution in [-0.2, 0) is 10.0 Å². The van der Waals surface area contributed by atoms with Crippen LogP contribution >= 0.6 is 11.8 Å². The molecule has 1 fully saturated rings. The van der Waals surface area contributed by atoms with Crippen LogP contribution in [0.1, 0.15) is 15.9 Å². The van der Waals surface area contributed by atoms with E-state index in [2.05, 4.69) is 11.1 Å². The van der Waals surface area contributed by atoms with Crippen molar-refractivity contribution in [2.24, 2.45) is 0 Å². The van der Waals surface area contributed by atoms with Crippen LogP contribution in [0.15, 0.2) is 65.8 Å². The lowest BCUT2D eigenvalue weighted by Crippen LogP contribution is -2.60. The second kappa shape index (κ2) is 9.24. The highest BCUT2D eigenvalue weighted by Gasteiger charge is 2.44. The van der Waals surface area contributed by atoms with Crippen LogP contribution in [0.2, 0.25) is 0 Å².